The molecule has 150 valence electrons. The number of rotatable bonds is 6. The zero-order valence-electron chi connectivity index (χ0n) is 16.5. The van der Waals surface area contributed by atoms with Gasteiger partial charge < -0.3 is 4.74 Å². The fraction of sp³-hybridized carbons (Fsp3) is 0. The van der Waals surface area contributed by atoms with Crippen LogP contribution < -0.4 is 4.74 Å². The fourth-order valence-corrected chi connectivity index (χ4v) is 2.63. The molecule has 0 amide bonds. The minimum atomic E-state index is -0.454. The Morgan fingerprint density at radius 1 is 0.484 bits per heavy atom. The van der Waals surface area contributed by atoms with Gasteiger partial charge in [0, 0.05) is 0 Å². The maximum Gasteiger partial charge on any atom is 0.343 e. The van der Waals surface area contributed by atoms with Gasteiger partial charge in [-0.15, -0.1) is 0 Å². The molecule has 0 aromatic heterocycles. The van der Waals surface area contributed by atoms with Gasteiger partial charge in [-0.1, -0.05) is 36.4 Å². The highest BCUT2D eigenvalue weighted by Crippen LogP contribution is 2.23. The topological polar surface area (TPSA) is 75.7 Å². The highest BCUT2D eigenvalue weighted by molar-refractivity contribution is 5.91. The summed E-state index contributed by atoms with van der Waals surface area (Å²) in [7, 11) is 0. The van der Waals surface area contributed by atoms with Crippen molar-refractivity contribution in [1.29, 1.82) is 0 Å². The van der Waals surface area contributed by atoms with Gasteiger partial charge in [0.15, 0.2) is 0 Å². The maximum absolute atomic E-state index is 12.4. The van der Waals surface area contributed by atoms with Crippen molar-refractivity contribution in [2.45, 2.75) is 0 Å². The molecule has 0 spiro atoms. The molecule has 0 fully saturated rings. The van der Waals surface area contributed by atoms with Gasteiger partial charge in [-0.2, -0.15) is 20.5 Å². The van der Waals surface area contributed by atoms with Crippen LogP contribution in [0.3, 0.4) is 0 Å². The average molecular weight is 406 g/mol. The monoisotopic (exact) mass is 406 g/mol. The van der Waals surface area contributed by atoms with E-state index >= 15 is 0 Å². The highest BCUT2D eigenvalue weighted by Gasteiger charge is 2.08. The number of carbonyl (C=O) groups is 1. The second kappa shape index (κ2) is 9.84. The number of nitrogens with zero attached hydrogens (tertiary/aromatic N) is 4. The molecule has 0 N–H and O–H groups in total. The zero-order chi connectivity index (χ0) is 21.3. The number of ether oxygens (including phenoxy) is 1. The minimum absolute atomic E-state index is 0.423. The van der Waals surface area contributed by atoms with Crippen molar-refractivity contribution in [2.24, 2.45) is 20.5 Å². The van der Waals surface area contributed by atoms with E-state index in [9.17, 15) is 4.79 Å². The Kier molecular flexibility index (Phi) is 6.30. The molecule has 0 aliphatic rings. The summed E-state index contributed by atoms with van der Waals surface area (Å²) in [5.74, 6) is -0.0262. The SMILES string of the molecule is O=C(Oc1ccc(/N=N/c2ccccc2)cc1)c1ccc(/N=N/c2ccccc2)cc1. The molecule has 6 nitrogen and oxygen atoms in total. The molecule has 6 heteroatoms. The lowest BCUT2D eigenvalue weighted by Crippen LogP contribution is -2.07. The van der Waals surface area contributed by atoms with Crippen molar-refractivity contribution < 1.29 is 9.53 Å². The molecule has 4 rings (SSSR count). The molecule has 0 saturated heterocycles. The van der Waals surface area contributed by atoms with E-state index in [4.69, 9.17) is 4.74 Å². The molecule has 0 aliphatic heterocycles. The third kappa shape index (κ3) is 5.77. The largest absolute Gasteiger partial charge is 0.423 e. The quantitative estimate of drug-likeness (QED) is 0.186. The molecule has 0 radical (unpaired) electrons. The van der Waals surface area contributed by atoms with Crippen molar-refractivity contribution in [3.63, 3.8) is 0 Å². The van der Waals surface area contributed by atoms with Crippen LogP contribution in [0, 0.1) is 0 Å². The smallest absolute Gasteiger partial charge is 0.343 e. The summed E-state index contributed by atoms with van der Waals surface area (Å²) in [6.07, 6.45) is 0. The molecule has 4 aromatic rings. The second-order valence-corrected chi connectivity index (χ2v) is 6.50. The number of esters is 1. The van der Waals surface area contributed by atoms with Gasteiger partial charge >= 0.3 is 5.97 Å². The number of benzene rings is 4. The Morgan fingerprint density at radius 2 is 0.871 bits per heavy atom. The molecule has 0 unspecified atom stereocenters. The first-order valence-electron chi connectivity index (χ1n) is 9.62. The van der Waals surface area contributed by atoms with E-state index in [2.05, 4.69) is 20.5 Å². The molecular formula is C25H18N4O2. The summed E-state index contributed by atoms with van der Waals surface area (Å²) in [6.45, 7) is 0. The predicted molar refractivity (Wildman–Crippen MR) is 119 cm³/mol. The number of hydrogen-bond donors (Lipinski definition) is 0. The highest BCUT2D eigenvalue weighted by atomic mass is 16.5. The Bertz CT molecular complexity index is 1190. The number of hydrogen-bond acceptors (Lipinski definition) is 6. The Hall–Kier alpha value is -4.45. The number of azo groups is 2. The summed E-state index contributed by atoms with van der Waals surface area (Å²) < 4.78 is 5.42. The van der Waals surface area contributed by atoms with Crippen LogP contribution >= 0.6 is 0 Å². The van der Waals surface area contributed by atoms with E-state index < -0.39 is 5.97 Å². The van der Waals surface area contributed by atoms with E-state index in [1.807, 2.05) is 60.7 Å². The Balaban J connectivity index is 1.35. The minimum Gasteiger partial charge on any atom is -0.423 e. The normalized spacial score (nSPS) is 11.1. The van der Waals surface area contributed by atoms with Gasteiger partial charge in [-0.25, -0.2) is 4.79 Å². The molecule has 4 aromatic carbocycles. The lowest BCUT2D eigenvalue weighted by molar-refractivity contribution is 0.0735. The van der Waals surface area contributed by atoms with E-state index in [-0.39, 0.29) is 0 Å². The van der Waals surface area contributed by atoms with Crippen molar-refractivity contribution in [3.8, 4) is 5.75 Å². The van der Waals surface area contributed by atoms with Gasteiger partial charge in [0.2, 0.25) is 0 Å². The number of carbonyl (C=O) groups excluding carboxylic acids is 1. The van der Waals surface area contributed by atoms with Gasteiger partial charge in [0.1, 0.15) is 5.75 Å². The van der Waals surface area contributed by atoms with Crippen LogP contribution in [0.4, 0.5) is 22.7 Å². The Morgan fingerprint density at radius 3 is 1.32 bits per heavy atom. The summed E-state index contributed by atoms with van der Waals surface area (Å²) in [4.78, 5) is 12.4. The standard InChI is InChI=1S/C25H18N4O2/c30-25(19-11-13-22(14-12-19)28-26-20-7-3-1-4-8-20)31-24-17-15-23(16-18-24)29-27-21-9-5-2-6-10-21/h1-18H/b28-26+,29-27+. The summed E-state index contributed by atoms with van der Waals surface area (Å²) in [5.41, 5.74) is 3.26. The van der Waals surface area contributed by atoms with Crippen LogP contribution in [0.25, 0.3) is 0 Å². The van der Waals surface area contributed by atoms with Crippen molar-refractivity contribution >= 4 is 28.7 Å². The molecule has 0 saturated carbocycles. The first-order chi connectivity index (χ1) is 15.3. The van der Waals surface area contributed by atoms with E-state index in [1.165, 1.54) is 0 Å². The molecule has 0 atom stereocenters. The van der Waals surface area contributed by atoms with E-state index in [0.29, 0.717) is 22.7 Å². The van der Waals surface area contributed by atoms with Crippen LogP contribution in [0.5, 0.6) is 5.75 Å². The van der Waals surface area contributed by atoms with Crippen LogP contribution in [0.1, 0.15) is 10.4 Å². The first-order valence-corrected chi connectivity index (χ1v) is 9.62. The van der Waals surface area contributed by atoms with E-state index in [0.717, 1.165) is 11.4 Å². The van der Waals surface area contributed by atoms with E-state index in [1.54, 1.807) is 48.5 Å². The van der Waals surface area contributed by atoms with Crippen LogP contribution in [0.15, 0.2) is 130 Å². The predicted octanol–water partition coefficient (Wildman–Crippen LogP) is 7.74. The fourth-order valence-electron chi connectivity index (χ4n) is 2.63. The molecule has 0 bridgehead atoms. The second-order valence-electron chi connectivity index (χ2n) is 6.50. The third-order valence-electron chi connectivity index (χ3n) is 4.22. The first kappa shape index (κ1) is 19.8. The van der Waals surface area contributed by atoms with Crippen LogP contribution in [-0.4, -0.2) is 5.97 Å². The van der Waals surface area contributed by atoms with Crippen LogP contribution in [0.2, 0.25) is 0 Å². The summed E-state index contributed by atoms with van der Waals surface area (Å²) >= 11 is 0. The molecular weight excluding hydrogens is 388 g/mol. The van der Waals surface area contributed by atoms with Gasteiger partial charge in [-0.05, 0) is 72.8 Å². The maximum atomic E-state index is 12.4. The Labute approximate surface area is 179 Å². The van der Waals surface area contributed by atoms with Gasteiger partial charge in [0.25, 0.3) is 0 Å². The summed E-state index contributed by atoms with van der Waals surface area (Å²) in [5, 5.41) is 16.6. The van der Waals surface area contributed by atoms with Crippen molar-refractivity contribution in [3.05, 3.63) is 115 Å². The average Bonchev–Trinajstić information content (AvgIpc) is 2.84. The molecule has 0 aliphatic carbocycles. The zero-order valence-corrected chi connectivity index (χ0v) is 16.5. The van der Waals surface area contributed by atoms with Crippen LogP contribution in [-0.2, 0) is 0 Å². The lowest BCUT2D eigenvalue weighted by atomic mass is 10.2. The van der Waals surface area contributed by atoms with Gasteiger partial charge in [0.05, 0.1) is 28.3 Å². The molecule has 0 heterocycles. The third-order valence-corrected chi connectivity index (χ3v) is 4.22. The summed E-state index contributed by atoms with van der Waals surface area (Å²) in [6, 6.07) is 32.5. The van der Waals surface area contributed by atoms with Crippen molar-refractivity contribution in [2.75, 3.05) is 0 Å². The van der Waals surface area contributed by atoms with Gasteiger partial charge in [-0.3, -0.25) is 0 Å². The molecule has 31 heavy (non-hydrogen) atoms. The van der Waals surface area contributed by atoms with Crippen molar-refractivity contribution in [1.82, 2.24) is 0 Å². The lowest BCUT2D eigenvalue weighted by Gasteiger charge is -2.04.